The normalized spacial score (nSPS) is 15.2. The van der Waals surface area contributed by atoms with Crippen LogP contribution in [0.2, 0.25) is 0 Å². The summed E-state index contributed by atoms with van der Waals surface area (Å²) in [6.07, 6.45) is 1.66. The molecule has 1 atom stereocenters. The number of nitrogens with one attached hydrogen (secondary N) is 1. The van der Waals surface area contributed by atoms with Crippen molar-refractivity contribution in [2.45, 2.75) is 32.1 Å². The first-order valence-corrected chi connectivity index (χ1v) is 10.7. The monoisotopic (exact) mass is 433 g/mol. The van der Waals surface area contributed by atoms with Crippen LogP contribution in [-0.4, -0.2) is 37.6 Å². The number of benzene rings is 2. The summed E-state index contributed by atoms with van der Waals surface area (Å²) in [5, 5.41) is 0. The summed E-state index contributed by atoms with van der Waals surface area (Å²) in [6.45, 7) is 2.09. The number of carbonyl (C=O) groups is 2. The van der Waals surface area contributed by atoms with Gasteiger partial charge in [0.05, 0.1) is 20.8 Å². The lowest BCUT2D eigenvalue weighted by Gasteiger charge is -2.23. The molecule has 0 radical (unpaired) electrons. The predicted molar refractivity (Wildman–Crippen MR) is 121 cm³/mol. The second kappa shape index (κ2) is 9.30. The molecule has 0 saturated carbocycles. The number of ether oxygens (including phenoxy) is 3. The Morgan fingerprint density at radius 2 is 1.78 bits per heavy atom. The van der Waals surface area contributed by atoms with Crippen LogP contribution in [0.3, 0.4) is 0 Å². The van der Waals surface area contributed by atoms with E-state index in [0.717, 1.165) is 16.8 Å². The first-order chi connectivity index (χ1) is 15.5. The van der Waals surface area contributed by atoms with Gasteiger partial charge in [-0.05, 0) is 48.1 Å². The molecule has 1 N–H and O–H groups in total. The van der Waals surface area contributed by atoms with E-state index in [4.69, 9.17) is 14.2 Å². The molecule has 6 heteroatoms. The van der Waals surface area contributed by atoms with Gasteiger partial charge in [-0.1, -0.05) is 36.4 Å². The van der Waals surface area contributed by atoms with E-state index in [1.165, 1.54) is 0 Å². The number of rotatable bonds is 7. The van der Waals surface area contributed by atoms with E-state index in [0.29, 0.717) is 47.6 Å². The predicted octanol–water partition coefficient (Wildman–Crippen LogP) is 4.65. The third-order valence-corrected chi connectivity index (χ3v) is 6.04. The second-order valence-corrected chi connectivity index (χ2v) is 7.99. The lowest BCUT2D eigenvalue weighted by Crippen LogP contribution is -2.18. The molecule has 0 fully saturated rings. The van der Waals surface area contributed by atoms with Gasteiger partial charge in [0.1, 0.15) is 5.69 Å². The molecule has 1 aliphatic carbocycles. The van der Waals surface area contributed by atoms with E-state index >= 15 is 0 Å². The van der Waals surface area contributed by atoms with E-state index in [9.17, 15) is 9.59 Å². The van der Waals surface area contributed by atoms with Crippen LogP contribution in [-0.2, 0) is 17.6 Å². The highest BCUT2D eigenvalue weighted by Crippen LogP contribution is 2.38. The Hall–Kier alpha value is -3.54. The fourth-order valence-corrected chi connectivity index (χ4v) is 4.36. The molecule has 0 saturated heterocycles. The van der Waals surface area contributed by atoms with E-state index in [-0.39, 0.29) is 18.3 Å². The quantitative estimate of drug-likeness (QED) is 0.549. The maximum absolute atomic E-state index is 13.0. The summed E-state index contributed by atoms with van der Waals surface area (Å²) in [5.74, 6) is 0.880. The molecule has 1 aromatic heterocycles. The van der Waals surface area contributed by atoms with Crippen LogP contribution >= 0.6 is 0 Å². The summed E-state index contributed by atoms with van der Waals surface area (Å²) >= 11 is 0. The molecule has 1 heterocycles. The average molecular weight is 434 g/mol. The summed E-state index contributed by atoms with van der Waals surface area (Å²) in [4.78, 5) is 28.8. The Balaban J connectivity index is 1.50. The Morgan fingerprint density at radius 1 is 1.03 bits per heavy atom. The van der Waals surface area contributed by atoms with Crippen molar-refractivity contribution in [3.63, 3.8) is 0 Å². The molecule has 3 aromatic rings. The summed E-state index contributed by atoms with van der Waals surface area (Å²) in [5.41, 5.74) is 4.55. The minimum atomic E-state index is -0.428. The van der Waals surface area contributed by atoms with Crippen LogP contribution in [0.15, 0.2) is 48.5 Å². The number of hydrogen-bond donors (Lipinski definition) is 1. The number of aromatic amines is 1. The molecule has 0 amide bonds. The van der Waals surface area contributed by atoms with Crippen LogP contribution in [0.4, 0.5) is 0 Å². The zero-order chi connectivity index (χ0) is 22.7. The Kier molecular flexibility index (Phi) is 6.30. The van der Waals surface area contributed by atoms with Gasteiger partial charge in [-0.2, -0.15) is 0 Å². The number of fused-ring (bicyclic) bond motifs is 1. The summed E-state index contributed by atoms with van der Waals surface area (Å²) < 4.78 is 16.2. The van der Waals surface area contributed by atoms with Crippen LogP contribution in [0.25, 0.3) is 0 Å². The molecule has 1 aliphatic rings. The van der Waals surface area contributed by atoms with Crippen molar-refractivity contribution in [2.75, 3.05) is 20.8 Å². The van der Waals surface area contributed by atoms with Gasteiger partial charge in [-0.25, -0.2) is 4.79 Å². The van der Waals surface area contributed by atoms with Crippen molar-refractivity contribution < 1.29 is 23.8 Å². The standard InChI is InChI=1S/C26H27NO5/c1-16-24-20(27-25(16)26(29)32-12-11-17-7-5-4-6-8-17)13-19(14-21(24)28)18-9-10-22(30-2)23(15-18)31-3/h4-10,15,19,27H,11-14H2,1-3H3/t19-/m0/s1. The fourth-order valence-electron chi connectivity index (χ4n) is 4.36. The summed E-state index contributed by atoms with van der Waals surface area (Å²) in [6, 6.07) is 15.6. The molecule has 0 aliphatic heterocycles. The van der Waals surface area contributed by atoms with Crippen molar-refractivity contribution in [3.8, 4) is 11.5 Å². The van der Waals surface area contributed by atoms with Gasteiger partial charge >= 0.3 is 5.97 Å². The van der Waals surface area contributed by atoms with E-state index in [1.54, 1.807) is 21.1 Å². The molecule has 0 bridgehead atoms. The van der Waals surface area contributed by atoms with Crippen LogP contribution < -0.4 is 9.47 Å². The molecular formula is C26H27NO5. The van der Waals surface area contributed by atoms with Crippen molar-refractivity contribution in [3.05, 3.63) is 82.2 Å². The highest BCUT2D eigenvalue weighted by Gasteiger charge is 2.32. The van der Waals surface area contributed by atoms with E-state index in [1.807, 2.05) is 48.5 Å². The molecule has 166 valence electrons. The van der Waals surface area contributed by atoms with Gasteiger partial charge in [-0.15, -0.1) is 0 Å². The Morgan fingerprint density at radius 3 is 2.50 bits per heavy atom. The third-order valence-electron chi connectivity index (χ3n) is 6.04. The molecule has 2 aromatic carbocycles. The first-order valence-electron chi connectivity index (χ1n) is 10.7. The lowest BCUT2D eigenvalue weighted by molar-refractivity contribution is 0.0502. The van der Waals surface area contributed by atoms with Gasteiger partial charge in [0.15, 0.2) is 17.3 Å². The fraction of sp³-hybridized carbons (Fsp3) is 0.308. The maximum Gasteiger partial charge on any atom is 0.355 e. The topological polar surface area (TPSA) is 77.6 Å². The smallest absolute Gasteiger partial charge is 0.355 e. The van der Waals surface area contributed by atoms with Crippen molar-refractivity contribution in [1.82, 2.24) is 4.98 Å². The van der Waals surface area contributed by atoms with Gasteiger partial charge < -0.3 is 19.2 Å². The molecule has 0 spiro atoms. The van der Waals surface area contributed by atoms with Gasteiger partial charge in [0.2, 0.25) is 0 Å². The van der Waals surface area contributed by atoms with Crippen molar-refractivity contribution in [1.29, 1.82) is 0 Å². The van der Waals surface area contributed by atoms with Gasteiger partial charge in [0, 0.05) is 24.1 Å². The van der Waals surface area contributed by atoms with Crippen molar-refractivity contribution >= 4 is 11.8 Å². The van der Waals surface area contributed by atoms with Crippen LogP contribution in [0, 0.1) is 6.92 Å². The number of carbonyl (C=O) groups excluding carboxylic acids is 2. The number of hydrogen-bond acceptors (Lipinski definition) is 5. The van der Waals surface area contributed by atoms with Crippen molar-refractivity contribution in [2.24, 2.45) is 0 Å². The highest BCUT2D eigenvalue weighted by atomic mass is 16.5. The largest absolute Gasteiger partial charge is 0.493 e. The molecule has 4 rings (SSSR count). The molecule has 32 heavy (non-hydrogen) atoms. The molecular weight excluding hydrogens is 406 g/mol. The maximum atomic E-state index is 13.0. The highest BCUT2D eigenvalue weighted by molar-refractivity contribution is 6.03. The van der Waals surface area contributed by atoms with Gasteiger partial charge in [0.25, 0.3) is 0 Å². The first kappa shape index (κ1) is 21.7. The number of Topliss-reactive ketones (excluding diaryl/α,β-unsaturated/α-hetero) is 1. The zero-order valence-corrected chi connectivity index (χ0v) is 18.6. The lowest BCUT2D eigenvalue weighted by atomic mass is 9.81. The van der Waals surface area contributed by atoms with E-state index < -0.39 is 5.97 Å². The molecule has 6 nitrogen and oxygen atoms in total. The SMILES string of the molecule is COc1ccc([C@@H]2CC(=O)c3c([nH]c(C(=O)OCCc4ccccc4)c3C)C2)cc1OC. The van der Waals surface area contributed by atoms with Crippen LogP contribution in [0.1, 0.15) is 55.6 Å². The second-order valence-electron chi connectivity index (χ2n) is 7.99. The molecule has 0 unspecified atom stereocenters. The third kappa shape index (κ3) is 4.26. The Bertz CT molecular complexity index is 1130. The number of ketones is 1. The summed E-state index contributed by atoms with van der Waals surface area (Å²) in [7, 11) is 3.19. The van der Waals surface area contributed by atoms with Crippen LogP contribution in [0.5, 0.6) is 11.5 Å². The number of H-pyrrole nitrogens is 1. The number of methoxy groups -OCH3 is 2. The zero-order valence-electron chi connectivity index (χ0n) is 18.6. The number of esters is 1. The Labute approximate surface area is 187 Å². The minimum absolute atomic E-state index is 0.00481. The number of aromatic nitrogens is 1. The van der Waals surface area contributed by atoms with Gasteiger partial charge in [-0.3, -0.25) is 4.79 Å². The minimum Gasteiger partial charge on any atom is -0.493 e. The average Bonchev–Trinajstić information content (AvgIpc) is 3.16. The van der Waals surface area contributed by atoms with E-state index in [2.05, 4.69) is 4.98 Å².